The quantitative estimate of drug-likeness (QED) is 0.550. The Hall–Kier alpha value is -2.95. The first-order valence-corrected chi connectivity index (χ1v) is 7.27. The molecule has 2 aromatic heterocycles. The van der Waals surface area contributed by atoms with Gasteiger partial charge in [-0.1, -0.05) is 30.3 Å². The van der Waals surface area contributed by atoms with Crippen molar-refractivity contribution in [3.8, 4) is 0 Å². The summed E-state index contributed by atoms with van der Waals surface area (Å²) < 4.78 is 6.70. The highest BCUT2D eigenvalue weighted by molar-refractivity contribution is 5.92. The van der Waals surface area contributed by atoms with Crippen molar-refractivity contribution in [3.63, 3.8) is 0 Å². The lowest BCUT2D eigenvalue weighted by Crippen LogP contribution is -2.03. The molecule has 0 fully saturated rings. The summed E-state index contributed by atoms with van der Waals surface area (Å²) in [6.45, 7) is 3.89. The maximum atomic E-state index is 11.9. The minimum Gasteiger partial charge on any atom is -0.465 e. The fraction of sp³-hybridized carbons (Fsp3) is 0.167. The summed E-state index contributed by atoms with van der Waals surface area (Å²) >= 11 is 0. The number of fused-ring (bicyclic) bond motifs is 1. The van der Waals surface area contributed by atoms with Crippen LogP contribution in [0.2, 0.25) is 0 Å². The van der Waals surface area contributed by atoms with Gasteiger partial charge in [-0.05, 0) is 25.5 Å². The highest BCUT2D eigenvalue weighted by Gasteiger charge is 2.14. The van der Waals surface area contributed by atoms with Crippen molar-refractivity contribution < 1.29 is 9.53 Å². The molecule has 5 heteroatoms. The van der Waals surface area contributed by atoms with E-state index in [9.17, 15) is 4.79 Å². The van der Waals surface area contributed by atoms with Gasteiger partial charge in [-0.2, -0.15) is 0 Å². The summed E-state index contributed by atoms with van der Waals surface area (Å²) in [6.07, 6.45) is 3.49. The molecule has 0 saturated heterocycles. The van der Waals surface area contributed by atoms with Gasteiger partial charge in [-0.25, -0.2) is 9.78 Å². The van der Waals surface area contributed by atoms with Gasteiger partial charge in [0.25, 0.3) is 0 Å². The summed E-state index contributed by atoms with van der Waals surface area (Å²) in [5.41, 5.74) is 4.66. The number of rotatable bonds is 3. The molecule has 0 aliphatic rings. The second kappa shape index (κ2) is 6.04. The number of carbonyl (C=O) groups is 1. The Balaban J connectivity index is 2.16. The third-order valence-electron chi connectivity index (χ3n) is 3.75. The van der Waals surface area contributed by atoms with Gasteiger partial charge >= 0.3 is 5.97 Å². The lowest BCUT2D eigenvalue weighted by molar-refractivity contribution is 0.0600. The SMILES string of the molecule is COC(=O)c1cc(N=Cc2ccccc2)c2nc(C)c(C)n2c1. The number of hydrogen-bond acceptors (Lipinski definition) is 4. The first kappa shape index (κ1) is 15.0. The molecule has 0 atom stereocenters. The van der Waals surface area contributed by atoms with Crippen LogP contribution in [0.1, 0.15) is 27.3 Å². The van der Waals surface area contributed by atoms with Gasteiger partial charge in [0.05, 0.1) is 18.4 Å². The molecule has 0 aliphatic heterocycles. The van der Waals surface area contributed by atoms with E-state index in [0.29, 0.717) is 11.3 Å². The normalized spacial score (nSPS) is 11.3. The summed E-state index contributed by atoms with van der Waals surface area (Å²) in [7, 11) is 1.37. The Labute approximate surface area is 134 Å². The van der Waals surface area contributed by atoms with Gasteiger partial charge in [0, 0.05) is 18.1 Å². The van der Waals surface area contributed by atoms with Crippen LogP contribution in [0.25, 0.3) is 5.65 Å². The Morgan fingerprint density at radius 2 is 2.00 bits per heavy atom. The third kappa shape index (κ3) is 2.85. The predicted molar refractivity (Wildman–Crippen MR) is 89.7 cm³/mol. The zero-order chi connectivity index (χ0) is 16.4. The number of pyridine rings is 1. The van der Waals surface area contributed by atoms with Gasteiger partial charge in [0.2, 0.25) is 0 Å². The maximum Gasteiger partial charge on any atom is 0.339 e. The van der Waals surface area contributed by atoms with Crippen LogP contribution in [0.3, 0.4) is 0 Å². The number of benzene rings is 1. The molecule has 0 N–H and O–H groups in total. The molecule has 0 amide bonds. The standard InChI is InChI=1S/C18H17N3O2/c1-12-13(2)21-11-15(18(22)23-3)9-16(17(21)20-12)19-10-14-7-5-4-6-8-14/h4-11H,1-3H3. The number of ether oxygens (including phenoxy) is 1. The van der Waals surface area contributed by atoms with E-state index in [1.165, 1.54) is 7.11 Å². The van der Waals surface area contributed by atoms with Gasteiger partial charge in [0.1, 0.15) is 5.69 Å². The molecule has 0 saturated carbocycles. The molecule has 0 spiro atoms. The van der Waals surface area contributed by atoms with Crippen LogP contribution in [0.5, 0.6) is 0 Å². The van der Waals surface area contributed by atoms with Crippen molar-refractivity contribution in [2.75, 3.05) is 7.11 Å². The Bertz CT molecular complexity index is 896. The molecule has 1 aromatic carbocycles. The van der Waals surface area contributed by atoms with Gasteiger partial charge < -0.3 is 9.14 Å². The Morgan fingerprint density at radius 3 is 2.70 bits per heavy atom. The average Bonchev–Trinajstić information content (AvgIpc) is 2.88. The number of methoxy groups -OCH3 is 1. The van der Waals surface area contributed by atoms with Crippen molar-refractivity contribution in [3.05, 3.63) is 65.1 Å². The second-order valence-electron chi connectivity index (χ2n) is 5.25. The number of hydrogen-bond donors (Lipinski definition) is 0. The number of esters is 1. The minimum atomic E-state index is -0.395. The van der Waals surface area contributed by atoms with E-state index >= 15 is 0 Å². The highest BCUT2D eigenvalue weighted by Crippen LogP contribution is 2.24. The number of aliphatic imine (C=N–C) groups is 1. The van der Waals surface area contributed by atoms with Crippen LogP contribution < -0.4 is 0 Å². The highest BCUT2D eigenvalue weighted by atomic mass is 16.5. The Kier molecular flexibility index (Phi) is 3.93. The lowest BCUT2D eigenvalue weighted by atomic mass is 10.2. The molecule has 116 valence electrons. The molecule has 5 nitrogen and oxygen atoms in total. The van der Waals surface area contributed by atoms with Crippen molar-refractivity contribution in [2.45, 2.75) is 13.8 Å². The zero-order valence-electron chi connectivity index (χ0n) is 13.3. The van der Waals surface area contributed by atoms with E-state index in [2.05, 4.69) is 9.98 Å². The lowest BCUT2D eigenvalue weighted by Gasteiger charge is -2.05. The van der Waals surface area contributed by atoms with Crippen molar-refractivity contribution >= 4 is 23.5 Å². The zero-order valence-corrected chi connectivity index (χ0v) is 13.3. The predicted octanol–water partition coefficient (Wildman–Crippen LogP) is 3.49. The molecular formula is C18H17N3O2. The average molecular weight is 307 g/mol. The van der Waals surface area contributed by atoms with E-state index in [4.69, 9.17) is 4.74 Å². The molecule has 0 aliphatic carbocycles. The number of aromatic nitrogens is 2. The summed E-state index contributed by atoms with van der Waals surface area (Å²) in [5.74, 6) is -0.395. The number of nitrogens with zero attached hydrogens (tertiary/aromatic N) is 3. The molecule has 3 aromatic rings. The first-order valence-electron chi connectivity index (χ1n) is 7.27. The van der Waals surface area contributed by atoms with Crippen LogP contribution in [-0.2, 0) is 4.74 Å². The molecule has 0 unspecified atom stereocenters. The van der Waals surface area contributed by atoms with E-state index in [0.717, 1.165) is 22.6 Å². The van der Waals surface area contributed by atoms with E-state index < -0.39 is 5.97 Å². The second-order valence-corrected chi connectivity index (χ2v) is 5.25. The van der Waals surface area contributed by atoms with E-state index in [1.807, 2.05) is 48.6 Å². The minimum absolute atomic E-state index is 0.395. The van der Waals surface area contributed by atoms with E-state index in [-0.39, 0.29) is 0 Å². The maximum absolute atomic E-state index is 11.9. The Morgan fingerprint density at radius 1 is 1.26 bits per heavy atom. The van der Waals surface area contributed by atoms with Gasteiger partial charge in [-0.15, -0.1) is 0 Å². The fourth-order valence-electron chi connectivity index (χ4n) is 2.36. The van der Waals surface area contributed by atoms with Crippen molar-refractivity contribution in [2.24, 2.45) is 4.99 Å². The summed E-state index contributed by atoms with van der Waals surface area (Å²) in [4.78, 5) is 21.0. The molecule has 0 bridgehead atoms. The molecule has 2 heterocycles. The molecular weight excluding hydrogens is 290 g/mol. The fourth-order valence-corrected chi connectivity index (χ4v) is 2.36. The van der Waals surface area contributed by atoms with Crippen LogP contribution in [0, 0.1) is 13.8 Å². The van der Waals surface area contributed by atoms with Crippen LogP contribution in [-0.4, -0.2) is 28.7 Å². The summed E-state index contributed by atoms with van der Waals surface area (Å²) in [6, 6.07) is 11.5. The molecule has 0 radical (unpaired) electrons. The first-order chi connectivity index (χ1) is 11.1. The largest absolute Gasteiger partial charge is 0.465 e. The van der Waals surface area contributed by atoms with Crippen LogP contribution in [0.15, 0.2) is 47.6 Å². The number of imidazole rings is 1. The van der Waals surface area contributed by atoms with Gasteiger partial charge in [0.15, 0.2) is 5.65 Å². The smallest absolute Gasteiger partial charge is 0.339 e. The van der Waals surface area contributed by atoms with Crippen LogP contribution in [0.4, 0.5) is 5.69 Å². The van der Waals surface area contributed by atoms with Crippen molar-refractivity contribution in [1.29, 1.82) is 0 Å². The summed E-state index contributed by atoms with van der Waals surface area (Å²) in [5, 5.41) is 0. The molecule has 3 rings (SSSR count). The molecule has 23 heavy (non-hydrogen) atoms. The third-order valence-corrected chi connectivity index (χ3v) is 3.75. The topological polar surface area (TPSA) is 56.0 Å². The number of aryl methyl sites for hydroxylation is 2. The van der Waals surface area contributed by atoms with E-state index in [1.54, 1.807) is 18.5 Å². The van der Waals surface area contributed by atoms with Gasteiger partial charge in [-0.3, -0.25) is 4.99 Å². The monoisotopic (exact) mass is 307 g/mol. The van der Waals surface area contributed by atoms with Crippen molar-refractivity contribution in [1.82, 2.24) is 9.38 Å². The number of carbonyl (C=O) groups excluding carboxylic acids is 1. The van der Waals surface area contributed by atoms with Crippen LogP contribution >= 0.6 is 0 Å².